The number of hydrogen-bond donors (Lipinski definition) is 0. The number of hydrogen-bond acceptors (Lipinski definition) is 0. The van der Waals surface area contributed by atoms with E-state index in [9.17, 15) is 0 Å². The Morgan fingerprint density at radius 1 is 0.524 bits per heavy atom. The van der Waals surface area contributed by atoms with Crippen LogP contribution in [-0.4, -0.2) is 6.66 Å². The third kappa shape index (κ3) is 2.34. The van der Waals surface area contributed by atoms with Crippen LogP contribution in [0.15, 0.2) is 91.0 Å². The zero-order chi connectivity index (χ0) is 14.8. The zero-order valence-electron chi connectivity index (χ0n) is 12.2. The molecule has 0 bridgehead atoms. The van der Waals surface area contributed by atoms with Gasteiger partial charge in [-0.25, -0.2) is 0 Å². The van der Waals surface area contributed by atoms with Crippen molar-refractivity contribution in [1.82, 2.24) is 0 Å². The van der Waals surface area contributed by atoms with Gasteiger partial charge in [0.2, 0.25) is 0 Å². The van der Waals surface area contributed by atoms with Crippen molar-refractivity contribution in [3.8, 4) is 0 Å². The normalized spacial score (nSPS) is 13.3. The van der Waals surface area contributed by atoms with Crippen molar-refractivity contribution < 1.29 is 0 Å². The van der Waals surface area contributed by atoms with Crippen LogP contribution < -0.4 is 15.9 Å². The standard InChI is InChI=1S/C19H20P2/c1-21(20,17-11-5-2-6-12-17,18-13-7-3-8-14-18)19-15-9-4-10-16-19/h2-16H,20H2,1H3. The Balaban J connectivity index is 2.36. The molecule has 0 saturated carbocycles. The molecule has 0 heterocycles. The summed E-state index contributed by atoms with van der Waals surface area (Å²) in [5.74, 6) is 0. The molecular formula is C19H20P2. The van der Waals surface area contributed by atoms with Gasteiger partial charge in [0, 0.05) is 0 Å². The van der Waals surface area contributed by atoms with Crippen LogP contribution in [0.2, 0.25) is 0 Å². The molecule has 0 aliphatic rings. The van der Waals surface area contributed by atoms with Gasteiger partial charge in [0.25, 0.3) is 0 Å². The van der Waals surface area contributed by atoms with E-state index in [0.29, 0.717) is 0 Å². The molecule has 106 valence electrons. The molecule has 0 spiro atoms. The first kappa shape index (κ1) is 14.5. The molecular weight excluding hydrogens is 290 g/mol. The van der Waals surface area contributed by atoms with Crippen LogP contribution >= 0.6 is 15.2 Å². The molecule has 0 amide bonds. The summed E-state index contributed by atoms with van der Waals surface area (Å²) in [5, 5.41) is 4.18. The molecule has 21 heavy (non-hydrogen) atoms. The van der Waals surface area contributed by atoms with Crippen LogP contribution in [0.1, 0.15) is 0 Å². The molecule has 3 rings (SSSR count). The maximum atomic E-state index is 3.25. The molecule has 1 unspecified atom stereocenters. The van der Waals surface area contributed by atoms with Crippen molar-refractivity contribution in [3.63, 3.8) is 0 Å². The number of benzene rings is 3. The molecule has 0 radical (unpaired) electrons. The Morgan fingerprint density at radius 3 is 1.00 bits per heavy atom. The van der Waals surface area contributed by atoms with Crippen molar-refractivity contribution in [3.05, 3.63) is 91.0 Å². The predicted octanol–water partition coefficient (Wildman–Crippen LogP) is 3.94. The molecule has 0 N–H and O–H groups in total. The summed E-state index contributed by atoms with van der Waals surface area (Å²) in [4.78, 5) is 0. The second-order valence-corrected chi connectivity index (χ2v) is 14.4. The van der Waals surface area contributed by atoms with Crippen molar-refractivity contribution in [1.29, 1.82) is 0 Å². The van der Waals surface area contributed by atoms with Crippen LogP contribution in [0.5, 0.6) is 0 Å². The van der Waals surface area contributed by atoms with Gasteiger partial charge < -0.3 is 0 Å². The van der Waals surface area contributed by atoms with Crippen molar-refractivity contribution in [2.75, 3.05) is 6.66 Å². The molecule has 3 aromatic rings. The Morgan fingerprint density at radius 2 is 0.762 bits per heavy atom. The average Bonchev–Trinajstić information content (AvgIpc) is 2.57. The first-order valence-electron chi connectivity index (χ1n) is 7.11. The van der Waals surface area contributed by atoms with E-state index < -0.39 is 6.29 Å². The van der Waals surface area contributed by atoms with Crippen LogP contribution in [0.4, 0.5) is 0 Å². The third-order valence-electron chi connectivity index (χ3n) is 4.26. The van der Waals surface area contributed by atoms with E-state index in [0.717, 1.165) is 0 Å². The Hall–Kier alpha value is -1.48. The van der Waals surface area contributed by atoms with Gasteiger partial charge in [0.05, 0.1) is 0 Å². The molecule has 0 aromatic heterocycles. The second-order valence-electron chi connectivity index (χ2n) is 5.66. The topological polar surface area (TPSA) is 0 Å². The molecule has 0 fully saturated rings. The van der Waals surface area contributed by atoms with E-state index in [4.69, 9.17) is 0 Å². The Kier molecular flexibility index (Phi) is 3.70. The summed E-state index contributed by atoms with van der Waals surface area (Å²) in [6, 6.07) is 32.6. The first-order chi connectivity index (χ1) is 10.1. The van der Waals surface area contributed by atoms with E-state index in [-0.39, 0.29) is 0 Å². The van der Waals surface area contributed by atoms with Gasteiger partial charge in [0.15, 0.2) is 0 Å². The monoisotopic (exact) mass is 310 g/mol. The molecule has 2 heteroatoms. The summed E-state index contributed by atoms with van der Waals surface area (Å²) >= 11 is 0. The van der Waals surface area contributed by atoms with Crippen LogP contribution in [0.25, 0.3) is 0 Å². The summed E-state index contributed by atoms with van der Waals surface area (Å²) in [7, 11) is 3.25. The van der Waals surface area contributed by atoms with Gasteiger partial charge in [0.1, 0.15) is 0 Å². The SMILES string of the molecule is CP(P)(c1ccccc1)(c1ccccc1)c1ccccc1. The summed E-state index contributed by atoms with van der Waals surface area (Å²) < 4.78 is 0. The second kappa shape index (κ2) is 5.38. The molecule has 0 nitrogen and oxygen atoms in total. The third-order valence-corrected chi connectivity index (χ3v) is 11.8. The zero-order valence-corrected chi connectivity index (χ0v) is 14.2. The Bertz CT molecular complexity index is 616. The van der Waals surface area contributed by atoms with Gasteiger partial charge in [-0.1, -0.05) is 0 Å². The summed E-state index contributed by atoms with van der Waals surface area (Å²) in [6.07, 6.45) is -2.46. The van der Waals surface area contributed by atoms with Gasteiger partial charge in [-0.2, -0.15) is 0 Å². The summed E-state index contributed by atoms with van der Waals surface area (Å²) in [5.41, 5.74) is 0. The fourth-order valence-electron chi connectivity index (χ4n) is 2.88. The minimum atomic E-state index is -2.46. The van der Waals surface area contributed by atoms with Crippen LogP contribution in [-0.2, 0) is 0 Å². The first-order valence-corrected chi connectivity index (χ1v) is 11.4. The van der Waals surface area contributed by atoms with E-state index in [1.807, 2.05) is 0 Å². The minimum absolute atomic E-state index is 1.39. The van der Waals surface area contributed by atoms with Crippen molar-refractivity contribution >= 4 is 31.1 Å². The summed E-state index contributed by atoms with van der Waals surface area (Å²) in [6.45, 7) is 2.41. The number of rotatable bonds is 3. The molecule has 3 aromatic carbocycles. The predicted molar refractivity (Wildman–Crippen MR) is 101 cm³/mol. The van der Waals surface area contributed by atoms with E-state index in [1.165, 1.54) is 15.9 Å². The fraction of sp³-hybridized carbons (Fsp3) is 0.0526. The molecule has 0 aliphatic carbocycles. The maximum absolute atomic E-state index is 3.25. The molecule has 0 saturated heterocycles. The average molecular weight is 310 g/mol. The van der Waals surface area contributed by atoms with E-state index in [2.05, 4.69) is 107 Å². The molecule has 0 aliphatic heterocycles. The molecule has 1 atom stereocenters. The van der Waals surface area contributed by atoms with Gasteiger partial charge >= 0.3 is 129 Å². The van der Waals surface area contributed by atoms with Crippen LogP contribution in [0.3, 0.4) is 0 Å². The van der Waals surface area contributed by atoms with Crippen molar-refractivity contribution in [2.24, 2.45) is 0 Å². The van der Waals surface area contributed by atoms with Crippen molar-refractivity contribution in [2.45, 2.75) is 0 Å². The van der Waals surface area contributed by atoms with Gasteiger partial charge in [-0.3, -0.25) is 0 Å². The van der Waals surface area contributed by atoms with Gasteiger partial charge in [-0.15, -0.1) is 0 Å². The Labute approximate surface area is 129 Å². The fourth-order valence-corrected chi connectivity index (χ4v) is 8.15. The van der Waals surface area contributed by atoms with E-state index in [1.54, 1.807) is 0 Å². The van der Waals surface area contributed by atoms with Crippen LogP contribution in [0, 0.1) is 0 Å². The van der Waals surface area contributed by atoms with E-state index >= 15 is 0 Å². The quantitative estimate of drug-likeness (QED) is 0.643. The van der Waals surface area contributed by atoms with Gasteiger partial charge in [-0.05, 0) is 0 Å².